The number of fused-ring (bicyclic) bond motifs is 1. The minimum absolute atomic E-state index is 0.0135. The van der Waals surface area contributed by atoms with E-state index in [0.717, 1.165) is 25.9 Å². The highest BCUT2D eigenvalue weighted by Gasteiger charge is 2.18. The molecule has 0 radical (unpaired) electrons. The van der Waals surface area contributed by atoms with Crippen molar-refractivity contribution in [3.63, 3.8) is 0 Å². The van der Waals surface area contributed by atoms with Crippen LogP contribution in [-0.4, -0.2) is 46.7 Å². The van der Waals surface area contributed by atoms with Crippen LogP contribution in [0.5, 0.6) is 11.5 Å². The smallest absolute Gasteiger partial charge is 0.163 e. The van der Waals surface area contributed by atoms with Crippen LogP contribution in [0.3, 0.4) is 0 Å². The molecular weight excluding hydrogens is 439 g/mol. The summed E-state index contributed by atoms with van der Waals surface area (Å²) in [7, 11) is 2.12. The number of piperidine rings is 1. The molecule has 0 spiro atoms. The summed E-state index contributed by atoms with van der Waals surface area (Å²) in [6.45, 7) is 2.69. The number of aromatic nitrogens is 2. The Morgan fingerprint density at radius 1 is 1.24 bits per heavy atom. The number of anilines is 2. The summed E-state index contributed by atoms with van der Waals surface area (Å²) in [5.74, 6) is 0.890. The number of aromatic hydroxyl groups is 1. The van der Waals surface area contributed by atoms with Gasteiger partial charge in [0.2, 0.25) is 0 Å². The Bertz CT molecular complexity index is 1020. The highest BCUT2D eigenvalue weighted by molar-refractivity contribution is 9.10. The summed E-state index contributed by atoms with van der Waals surface area (Å²) >= 11 is 3.24. The second-order valence-electron chi connectivity index (χ2n) is 7.37. The summed E-state index contributed by atoms with van der Waals surface area (Å²) in [5.41, 5.74) is 0.895. The molecule has 0 unspecified atom stereocenters. The Morgan fingerprint density at radius 2 is 2.03 bits per heavy atom. The molecule has 1 saturated heterocycles. The number of halogens is 2. The molecule has 0 bridgehead atoms. The molecule has 0 aliphatic carbocycles. The Balaban J connectivity index is 1.55. The van der Waals surface area contributed by atoms with E-state index < -0.39 is 5.82 Å². The van der Waals surface area contributed by atoms with Gasteiger partial charge in [-0.15, -0.1) is 0 Å². The topological polar surface area (TPSA) is 70.5 Å². The van der Waals surface area contributed by atoms with Gasteiger partial charge >= 0.3 is 0 Å². The first-order chi connectivity index (χ1) is 14.0. The van der Waals surface area contributed by atoms with Crippen LogP contribution in [0.4, 0.5) is 15.9 Å². The number of benzene rings is 2. The predicted octanol–water partition coefficient (Wildman–Crippen LogP) is 4.70. The first kappa shape index (κ1) is 19.8. The third-order valence-corrected chi connectivity index (χ3v) is 5.71. The molecule has 2 heterocycles. The molecule has 0 amide bonds. The van der Waals surface area contributed by atoms with E-state index in [1.807, 2.05) is 0 Å². The van der Waals surface area contributed by atoms with Crippen LogP contribution in [0, 0.1) is 11.7 Å². The van der Waals surface area contributed by atoms with Gasteiger partial charge < -0.3 is 20.1 Å². The van der Waals surface area contributed by atoms with Crippen LogP contribution in [0.25, 0.3) is 10.9 Å². The van der Waals surface area contributed by atoms with Gasteiger partial charge in [-0.25, -0.2) is 14.4 Å². The summed E-state index contributed by atoms with van der Waals surface area (Å²) < 4.78 is 20.7. The molecule has 152 valence electrons. The second-order valence-corrected chi connectivity index (χ2v) is 8.28. The fraction of sp³-hybridized carbons (Fsp3) is 0.333. The lowest BCUT2D eigenvalue weighted by Gasteiger charge is -2.28. The summed E-state index contributed by atoms with van der Waals surface area (Å²) in [6, 6.07) is 7.98. The van der Waals surface area contributed by atoms with Crippen molar-refractivity contribution in [2.24, 2.45) is 5.92 Å². The van der Waals surface area contributed by atoms with Crippen LogP contribution in [0.2, 0.25) is 0 Å². The second kappa shape index (κ2) is 8.51. The van der Waals surface area contributed by atoms with Crippen LogP contribution >= 0.6 is 15.9 Å². The molecule has 29 heavy (non-hydrogen) atoms. The zero-order chi connectivity index (χ0) is 20.4. The summed E-state index contributed by atoms with van der Waals surface area (Å²) in [4.78, 5) is 10.8. The number of phenolic OH excluding ortho intramolecular Hbond substituents is 1. The van der Waals surface area contributed by atoms with Crippen LogP contribution < -0.4 is 10.1 Å². The van der Waals surface area contributed by atoms with Crippen molar-refractivity contribution in [1.29, 1.82) is 0 Å². The van der Waals surface area contributed by atoms with Gasteiger partial charge in [-0.05, 0) is 63.2 Å². The highest BCUT2D eigenvalue weighted by Crippen LogP contribution is 2.35. The third kappa shape index (κ3) is 4.59. The summed E-state index contributed by atoms with van der Waals surface area (Å²) in [5, 5.41) is 14.0. The van der Waals surface area contributed by atoms with E-state index in [0.29, 0.717) is 39.5 Å². The number of hydrogen-bond donors (Lipinski definition) is 2. The number of ether oxygens (including phenoxy) is 1. The molecule has 0 atom stereocenters. The number of rotatable bonds is 5. The van der Waals surface area contributed by atoms with E-state index >= 15 is 0 Å². The van der Waals surface area contributed by atoms with E-state index in [1.165, 1.54) is 12.4 Å². The number of nitrogens with zero attached hydrogens (tertiary/aromatic N) is 3. The molecule has 3 aromatic rings. The van der Waals surface area contributed by atoms with Crippen molar-refractivity contribution in [1.82, 2.24) is 14.9 Å². The van der Waals surface area contributed by atoms with Crippen molar-refractivity contribution in [2.75, 3.05) is 32.1 Å². The quantitative estimate of drug-likeness (QED) is 0.574. The minimum Gasteiger partial charge on any atom is -0.504 e. The average molecular weight is 461 g/mol. The average Bonchev–Trinajstić information content (AvgIpc) is 2.70. The molecule has 1 fully saturated rings. The largest absolute Gasteiger partial charge is 0.504 e. The van der Waals surface area contributed by atoms with E-state index in [9.17, 15) is 9.50 Å². The minimum atomic E-state index is -0.409. The molecule has 1 aromatic heterocycles. The Hall–Kier alpha value is -2.45. The Kier molecular flexibility index (Phi) is 5.82. The van der Waals surface area contributed by atoms with Gasteiger partial charge in [-0.2, -0.15) is 0 Å². The fourth-order valence-electron chi connectivity index (χ4n) is 3.44. The Labute approximate surface area is 176 Å². The molecule has 1 aliphatic heterocycles. The highest BCUT2D eigenvalue weighted by atomic mass is 79.9. The van der Waals surface area contributed by atoms with Crippen molar-refractivity contribution in [3.05, 3.63) is 46.9 Å². The van der Waals surface area contributed by atoms with Gasteiger partial charge in [0.1, 0.15) is 18.0 Å². The van der Waals surface area contributed by atoms with E-state index in [1.54, 1.807) is 24.3 Å². The monoisotopic (exact) mass is 460 g/mol. The molecule has 0 saturated carbocycles. The molecule has 2 N–H and O–H groups in total. The van der Waals surface area contributed by atoms with E-state index in [4.69, 9.17) is 4.74 Å². The van der Waals surface area contributed by atoms with Crippen LogP contribution in [0.15, 0.2) is 41.1 Å². The number of hydrogen-bond acceptors (Lipinski definition) is 6. The van der Waals surface area contributed by atoms with Crippen molar-refractivity contribution in [3.8, 4) is 11.5 Å². The lowest BCUT2D eigenvalue weighted by Crippen LogP contribution is -2.32. The third-order valence-electron chi connectivity index (χ3n) is 5.21. The molecular formula is C21H22BrFN4O2. The lowest BCUT2D eigenvalue weighted by atomic mass is 9.98. The van der Waals surface area contributed by atoms with E-state index in [2.05, 4.69) is 43.2 Å². The standard InChI is InChI=1S/C21H22BrFN4O2/c1-27-6-4-13(5-7-27)11-29-20-10-18-15(9-19(20)28)21(25-12-24-18)26-17-3-2-14(22)8-16(17)23/h2-3,8-10,12-13,28H,4-7,11H2,1H3,(H,24,25,26). The van der Waals surface area contributed by atoms with Gasteiger partial charge in [0.25, 0.3) is 0 Å². The predicted molar refractivity (Wildman–Crippen MR) is 114 cm³/mol. The van der Waals surface area contributed by atoms with Gasteiger partial charge in [-0.3, -0.25) is 0 Å². The van der Waals surface area contributed by atoms with Crippen LogP contribution in [0.1, 0.15) is 12.8 Å². The maximum Gasteiger partial charge on any atom is 0.163 e. The van der Waals surface area contributed by atoms with Crippen molar-refractivity contribution >= 4 is 38.3 Å². The maximum atomic E-state index is 14.2. The van der Waals surface area contributed by atoms with Crippen molar-refractivity contribution in [2.45, 2.75) is 12.8 Å². The van der Waals surface area contributed by atoms with Gasteiger partial charge in [0.15, 0.2) is 11.5 Å². The molecule has 6 nitrogen and oxygen atoms in total. The zero-order valence-corrected chi connectivity index (χ0v) is 17.6. The first-order valence-electron chi connectivity index (χ1n) is 9.51. The number of nitrogens with one attached hydrogen (secondary N) is 1. The van der Waals surface area contributed by atoms with Crippen LogP contribution in [-0.2, 0) is 0 Å². The van der Waals surface area contributed by atoms with Gasteiger partial charge in [0.05, 0.1) is 17.8 Å². The number of phenols is 1. The lowest BCUT2D eigenvalue weighted by molar-refractivity contribution is 0.158. The fourth-order valence-corrected chi connectivity index (χ4v) is 3.78. The van der Waals surface area contributed by atoms with Gasteiger partial charge in [-0.1, -0.05) is 15.9 Å². The molecule has 4 rings (SSSR count). The Morgan fingerprint density at radius 3 is 2.79 bits per heavy atom. The van der Waals surface area contributed by atoms with Crippen molar-refractivity contribution < 1.29 is 14.2 Å². The molecule has 2 aromatic carbocycles. The molecule has 1 aliphatic rings. The van der Waals surface area contributed by atoms with Gasteiger partial charge in [0, 0.05) is 15.9 Å². The number of likely N-dealkylation sites (tertiary alicyclic amines) is 1. The van der Waals surface area contributed by atoms with E-state index in [-0.39, 0.29) is 11.4 Å². The first-order valence-corrected chi connectivity index (χ1v) is 10.3. The normalized spacial score (nSPS) is 15.6. The zero-order valence-electron chi connectivity index (χ0n) is 16.0. The summed E-state index contributed by atoms with van der Waals surface area (Å²) in [6.07, 6.45) is 3.57. The molecule has 8 heteroatoms. The maximum absolute atomic E-state index is 14.2. The SMILES string of the molecule is CN1CCC(COc2cc3ncnc(Nc4ccc(Br)cc4F)c3cc2O)CC1.